The lowest BCUT2D eigenvalue weighted by Gasteiger charge is -2.12. The molecule has 0 aliphatic carbocycles. The van der Waals surface area contributed by atoms with E-state index in [-0.39, 0.29) is 5.91 Å². The van der Waals surface area contributed by atoms with Gasteiger partial charge < -0.3 is 9.64 Å². The summed E-state index contributed by atoms with van der Waals surface area (Å²) in [7, 11) is 4.01. The first-order chi connectivity index (χ1) is 13.5. The van der Waals surface area contributed by atoms with Crippen molar-refractivity contribution in [3.05, 3.63) is 59.0 Å². The van der Waals surface area contributed by atoms with Crippen molar-refractivity contribution in [3.63, 3.8) is 0 Å². The molecule has 1 fully saturated rings. The Morgan fingerprint density at radius 2 is 1.75 bits per heavy atom. The summed E-state index contributed by atoms with van der Waals surface area (Å²) in [4.78, 5) is 21.9. The zero-order valence-corrected chi connectivity index (χ0v) is 17.5. The fourth-order valence-electron chi connectivity index (χ4n) is 2.78. The SMILES string of the molecule is CCOc1ccc(/N=C2/S/C(=C\c3ccc(N(C)C)cc3)C(=O)N2CC)cc1. The molecule has 6 heteroatoms. The Hall–Kier alpha value is -2.73. The van der Waals surface area contributed by atoms with Gasteiger partial charge in [0.25, 0.3) is 5.91 Å². The Balaban J connectivity index is 1.83. The highest BCUT2D eigenvalue weighted by Gasteiger charge is 2.32. The summed E-state index contributed by atoms with van der Waals surface area (Å²) >= 11 is 1.41. The number of hydrogen-bond acceptors (Lipinski definition) is 5. The first kappa shape index (κ1) is 20.0. The monoisotopic (exact) mass is 395 g/mol. The standard InChI is InChI=1S/C22H25N3O2S/c1-5-25-21(26)20(15-16-7-11-18(12-8-16)24(3)4)28-22(25)23-17-9-13-19(14-10-17)27-6-2/h7-15H,5-6H2,1-4H3/b20-15-,23-22+. The van der Waals surface area contributed by atoms with Crippen molar-refractivity contribution in [1.82, 2.24) is 4.90 Å². The molecule has 0 bridgehead atoms. The maximum absolute atomic E-state index is 12.8. The van der Waals surface area contributed by atoms with E-state index in [0.29, 0.717) is 23.2 Å². The van der Waals surface area contributed by atoms with Gasteiger partial charge in [-0.05, 0) is 73.6 Å². The molecule has 0 N–H and O–H groups in total. The van der Waals surface area contributed by atoms with Crippen LogP contribution >= 0.6 is 11.8 Å². The molecule has 1 aliphatic rings. The number of carbonyl (C=O) groups is 1. The minimum atomic E-state index is -0.00567. The third kappa shape index (κ3) is 4.57. The van der Waals surface area contributed by atoms with Gasteiger partial charge in [-0.3, -0.25) is 9.69 Å². The number of carbonyl (C=O) groups excluding carboxylic acids is 1. The quantitative estimate of drug-likeness (QED) is 0.661. The van der Waals surface area contributed by atoms with Gasteiger partial charge in [0.15, 0.2) is 5.17 Å². The number of benzene rings is 2. The molecule has 0 saturated carbocycles. The van der Waals surface area contributed by atoms with Crippen LogP contribution in [0.3, 0.4) is 0 Å². The predicted octanol–water partition coefficient (Wildman–Crippen LogP) is 4.78. The van der Waals surface area contributed by atoms with Crippen molar-refractivity contribution in [2.45, 2.75) is 13.8 Å². The van der Waals surface area contributed by atoms with Crippen LogP contribution in [0.15, 0.2) is 58.4 Å². The van der Waals surface area contributed by atoms with Gasteiger partial charge in [0.1, 0.15) is 5.75 Å². The molecule has 0 atom stereocenters. The summed E-state index contributed by atoms with van der Waals surface area (Å²) in [5, 5.41) is 0.702. The highest BCUT2D eigenvalue weighted by atomic mass is 32.2. The van der Waals surface area contributed by atoms with E-state index in [1.807, 2.05) is 87.4 Å². The summed E-state index contributed by atoms with van der Waals surface area (Å²) < 4.78 is 5.47. The number of hydrogen-bond donors (Lipinski definition) is 0. The molecule has 2 aromatic carbocycles. The van der Waals surface area contributed by atoms with Crippen molar-refractivity contribution in [1.29, 1.82) is 0 Å². The number of rotatable bonds is 6. The van der Waals surface area contributed by atoms with E-state index in [1.54, 1.807) is 4.90 Å². The second-order valence-corrected chi connectivity index (χ2v) is 7.48. The van der Waals surface area contributed by atoms with E-state index in [9.17, 15) is 4.79 Å². The summed E-state index contributed by atoms with van der Waals surface area (Å²) in [6.07, 6.45) is 1.93. The smallest absolute Gasteiger partial charge is 0.266 e. The van der Waals surface area contributed by atoms with Crippen molar-refractivity contribution in [2.75, 3.05) is 32.1 Å². The Bertz CT molecular complexity index is 887. The van der Waals surface area contributed by atoms with Crippen LogP contribution in [0, 0.1) is 0 Å². The topological polar surface area (TPSA) is 45.1 Å². The molecule has 0 unspecified atom stereocenters. The molecule has 1 aliphatic heterocycles. The minimum Gasteiger partial charge on any atom is -0.494 e. The van der Waals surface area contributed by atoms with E-state index in [0.717, 1.165) is 22.7 Å². The second kappa shape index (κ2) is 8.97. The van der Waals surface area contributed by atoms with E-state index >= 15 is 0 Å². The van der Waals surface area contributed by atoms with Crippen LogP contribution in [0.1, 0.15) is 19.4 Å². The first-order valence-electron chi connectivity index (χ1n) is 9.32. The zero-order chi connectivity index (χ0) is 20.1. The van der Waals surface area contributed by atoms with E-state index < -0.39 is 0 Å². The number of amides is 1. The van der Waals surface area contributed by atoms with Crippen LogP contribution in [0.2, 0.25) is 0 Å². The number of thioether (sulfide) groups is 1. The molecule has 0 aromatic heterocycles. The molecule has 1 amide bonds. The van der Waals surface area contributed by atoms with Crippen molar-refractivity contribution < 1.29 is 9.53 Å². The Labute approximate surface area is 170 Å². The second-order valence-electron chi connectivity index (χ2n) is 6.47. The van der Waals surface area contributed by atoms with Crippen LogP contribution in [-0.4, -0.2) is 43.2 Å². The van der Waals surface area contributed by atoms with Crippen molar-refractivity contribution in [2.24, 2.45) is 4.99 Å². The third-order valence-corrected chi connectivity index (χ3v) is 5.29. The molecule has 146 valence electrons. The van der Waals surface area contributed by atoms with Crippen LogP contribution in [-0.2, 0) is 4.79 Å². The molecule has 5 nitrogen and oxygen atoms in total. The maximum atomic E-state index is 12.8. The van der Waals surface area contributed by atoms with E-state index in [2.05, 4.69) is 4.99 Å². The van der Waals surface area contributed by atoms with Crippen molar-refractivity contribution in [3.8, 4) is 5.75 Å². The Kier molecular flexibility index (Phi) is 6.41. The lowest BCUT2D eigenvalue weighted by Crippen LogP contribution is -2.28. The van der Waals surface area contributed by atoms with E-state index in [1.165, 1.54) is 11.8 Å². The Morgan fingerprint density at radius 3 is 2.32 bits per heavy atom. The van der Waals surface area contributed by atoms with Crippen LogP contribution < -0.4 is 9.64 Å². The van der Waals surface area contributed by atoms with Gasteiger partial charge in [0.2, 0.25) is 0 Å². The average Bonchev–Trinajstić information content (AvgIpc) is 2.98. The normalized spacial score (nSPS) is 16.9. The summed E-state index contributed by atoms with van der Waals surface area (Å²) in [5.74, 6) is 0.810. The van der Waals surface area contributed by atoms with Crippen LogP contribution in [0.4, 0.5) is 11.4 Å². The Morgan fingerprint density at radius 1 is 1.07 bits per heavy atom. The van der Waals surface area contributed by atoms with Gasteiger partial charge in [-0.2, -0.15) is 0 Å². The first-order valence-corrected chi connectivity index (χ1v) is 10.1. The largest absolute Gasteiger partial charge is 0.494 e. The number of aliphatic imine (C=N–C) groups is 1. The molecule has 2 aromatic rings. The molecule has 1 saturated heterocycles. The third-order valence-electron chi connectivity index (χ3n) is 4.28. The molecule has 0 spiro atoms. The zero-order valence-electron chi connectivity index (χ0n) is 16.7. The molecular formula is C22H25N3O2S. The highest BCUT2D eigenvalue weighted by molar-refractivity contribution is 8.18. The number of anilines is 1. The summed E-state index contributed by atoms with van der Waals surface area (Å²) in [6.45, 7) is 5.13. The number of likely N-dealkylation sites (N-methyl/N-ethyl adjacent to an activating group) is 1. The molecule has 28 heavy (non-hydrogen) atoms. The van der Waals surface area contributed by atoms with Gasteiger partial charge in [-0.15, -0.1) is 0 Å². The highest BCUT2D eigenvalue weighted by Crippen LogP contribution is 2.34. The van der Waals surface area contributed by atoms with Crippen molar-refractivity contribution >= 4 is 40.3 Å². The molecule has 0 radical (unpaired) electrons. The van der Waals surface area contributed by atoms with Gasteiger partial charge in [0, 0.05) is 26.3 Å². The molecule has 1 heterocycles. The average molecular weight is 396 g/mol. The maximum Gasteiger partial charge on any atom is 0.266 e. The number of ether oxygens (including phenoxy) is 1. The van der Waals surface area contributed by atoms with Gasteiger partial charge in [0.05, 0.1) is 17.2 Å². The fraction of sp³-hybridized carbons (Fsp3) is 0.273. The van der Waals surface area contributed by atoms with E-state index in [4.69, 9.17) is 4.74 Å². The van der Waals surface area contributed by atoms with Gasteiger partial charge in [-0.25, -0.2) is 4.99 Å². The summed E-state index contributed by atoms with van der Waals surface area (Å²) in [6, 6.07) is 15.7. The number of nitrogens with zero attached hydrogens (tertiary/aromatic N) is 3. The molecular weight excluding hydrogens is 370 g/mol. The number of amidine groups is 1. The fourth-order valence-corrected chi connectivity index (χ4v) is 3.85. The lowest BCUT2D eigenvalue weighted by molar-refractivity contribution is -0.122. The lowest BCUT2D eigenvalue weighted by atomic mass is 10.2. The van der Waals surface area contributed by atoms with Gasteiger partial charge >= 0.3 is 0 Å². The molecule has 3 rings (SSSR count). The van der Waals surface area contributed by atoms with Gasteiger partial charge in [-0.1, -0.05) is 12.1 Å². The van der Waals surface area contributed by atoms with Crippen LogP contribution in [0.5, 0.6) is 5.75 Å². The van der Waals surface area contributed by atoms with Crippen LogP contribution in [0.25, 0.3) is 6.08 Å². The predicted molar refractivity (Wildman–Crippen MR) is 118 cm³/mol. The minimum absolute atomic E-state index is 0.00567. The summed E-state index contributed by atoms with van der Waals surface area (Å²) in [5.41, 5.74) is 2.93.